The molecule has 0 saturated heterocycles. The van der Waals surface area contributed by atoms with E-state index >= 15 is 0 Å². The van der Waals surface area contributed by atoms with Crippen LogP contribution in [0.5, 0.6) is 5.75 Å². The van der Waals surface area contributed by atoms with E-state index in [2.05, 4.69) is 37.3 Å². The summed E-state index contributed by atoms with van der Waals surface area (Å²) in [4.78, 5) is 5.29. The molecular weight excluding hydrogens is 272 g/mol. The van der Waals surface area contributed by atoms with Gasteiger partial charge in [-0.15, -0.1) is 0 Å². The zero-order valence-corrected chi connectivity index (χ0v) is 13.3. The summed E-state index contributed by atoms with van der Waals surface area (Å²) in [6, 6.07) is 12.9. The first-order valence-corrected chi connectivity index (χ1v) is 8.04. The molecule has 0 fully saturated rings. The second-order valence-electron chi connectivity index (χ2n) is 3.97. The van der Waals surface area contributed by atoms with Crippen LogP contribution in [-0.2, 0) is 0 Å². The normalized spacial score (nSPS) is 11.8. The van der Waals surface area contributed by atoms with Gasteiger partial charge in [-0.25, -0.2) is 0 Å². The topological polar surface area (TPSA) is 9.23 Å². The highest BCUT2D eigenvalue weighted by Gasteiger charge is 2.17. The number of fused-ring (bicyclic) bond motifs is 2. The number of hydrogen-bond donors (Lipinski definition) is 0. The van der Waals surface area contributed by atoms with Crippen molar-refractivity contribution in [2.75, 3.05) is 7.11 Å². The van der Waals surface area contributed by atoms with E-state index in [4.69, 9.17) is 4.74 Å². The highest BCUT2D eigenvalue weighted by Crippen LogP contribution is 2.49. The molecule has 0 saturated carbocycles. The number of rotatable bonds is 1. The van der Waals surface area contributed by atoms with Gasteiger partial charge in [-0.1, -0.05) is 43.4 Å². The molecule has 1 aliphatic rings. The van der Waals surface area contributed by atoms with E-state index in [9.17, 15) is 0 Å². The second kappa shape index (κ2) is 6.40. The van der Waals surface area contributed by atoms with Crippen LogP contribution in [0, 0.1) is 6.92 Å². The molecule has 0 radical (unpaired) electrons. The number of hydrogen-bond acceptors (Lipinski definition) is 3. The van der Waals surface area contributed by atoms with Crippen molar-refractivity contribution in [3.63, 3.8) is 0 Å². The van der Waals surface area contributed by atoms with Gasteiger partial charge in [-0.2, -0.15) is 0 Å². The van der Waals surface area contributed by atoms with Crippen molar-refractivity contribution in [1.29, 1.82) is 0 Å². The van der Waals surface area contributed by atoms with Crippen LogP contribution in [0.2, 0.25) is 0 Å². The molecule has 19 heavy (non-hydrogen) atoms. The van der Waals surface area contributed by atoms with Crippen LogP contribution in [0.4, 0.5) is 0 Å². The van der Waals surface area contributed by atoms with E-state index < -0.39 is 0 Å². The maximum atomic E-state index is 5.27. The molecule has 2 aromatic carbocycles. The van der Waals surface area contributed by atoms with E-state index in [0.717, 1.165) is 5.75 Å². The average Bonchev–Trinajstić information content (AvgIpc) is 2.46. The Morgan fingerprint density at radius 3 is 2.05 bits per heavy atom. The molecule has 3 rings (SSSR count). The fraction of sp³-hybridized carbons (Fsp3) is 0.250. The highest BCUT2D eigenvalue weighted by atomic mass is 32.2. The lowest BCUT2D eigenvalue weighted by Gasteiger charge is -2.19. The molecule has 100 valence electrons. The number of benzene rings is 2. The maximum Gasteiger partial charge on any atom is 0.120 e. The van der Waals surface area contributed by atoms with E-state index in [1.807, 2.05) is 43.4 Å². The average molecular weight is 290 g/mol. The first-order valence-electron chi connectivity index (χ1n) is 6.40. The van der Waals surface area contributed by atoms with Gasteiger partial charge in [0.2, 0.25) is 0 Å². The van der Waals surface area contributed by atoms with Gasteiger partial charge in [0.15, 0.2) is 0 Å². The van der Waals surface area contributed by atoms with Crippen molar-refractivity contribution in [2.24, 2.45) is 0 Å². The SMILES string of the molecule is CC.COc1ccc2c(c1)Sc1cc(C)ccc1S2. The Kier molecular flexibility index (Phi) is 4.83. The number of methoxy groups -OCH3 is 1. The first kappa shape index (κ1) is 14.4. The van der Waals surface area contributed by atoms with Gasteiger partial charge >= 0.3 is 0 Å². The van der Waals surface area contributed by atoms with Gasteiger partial charge in [0, 0.05) is 19.6 Å². The fourth-order valence-electron chi connectivity index (χ4n) is 1.80. The highest BCUT2D eigenvalue weighted by molar-refractivity contribution is 8.05. The second-order valence-corrected chi connectivity index (χ2v) is 6.13. The van der Waals surface area contributed by atoms with Gasteiger partial charge in [-0.3, -0.25) is 0 Å². The smallest absolute Gasteiger partial charge is 0.120 e. The monoisotopic (exact) mass is 290 g/mol. The zero-order valence-electron chi connectivity index (χ0n) is 11.7. The van der Waals surface area contributed by atoms with Gasteiger partial charge in [-0.05, 0) is 42.8 Å². The predicted molar refractivity (Wildman–Crippen MR) is 83.8 cm³/mol. The van der Waals surface area contributed by atoms with Crippen LogP contribution in [-0.4, -0.2) is 7.11 Å². The summed E-state index contributed by atoms with van der Waals surface area (Å²) >= 11 is 3.66. The third-order valence-electron chi connectivity index (χ3n) is 2.69. The van der Waals surface area contributed by atoms with Crippen LogP contribution < -0.4 is 4.74 Å². The summed E-state index contributed by atoms with van der Waals surface area (Å²) in [6.07, 6.45) is 0. The summed E-state index contributed by atoms with van der Waals surface area (Å²) in [5, 5.41) is 0. The largest absolute Gasteiger partial charge is 0.497 e. The van der Waals surface area contributed by atoms with Crippen molar-refractivity contribution in [3.05, 3.63) is 42.0 Å². The Morgan fingerprint density at radius 2 is 1.37 bits per heavy atom. The quantitative estimate of drug-likeness (QED) is 0.573. The van der Waals surface area contributed by atoms with E-state index in [1.165, 1.54) is 25.1 Å². The predicted octanol–water partition coefficient (Wildman–Crippen LogP) is 5.65. The lowest BCUT2D eigenvalue weighted by atomic mass is 10.2. The summed E-state index contributed by atoms with van der Waals surface area (Å²) in [6.45, 7) is 6.13. The third-order valence-corrected chi connectivity index (χ3v) is 5.22. The van der Waals surface area contributed by atoms with Crippen molar-refractivity contribution in [1.82, 2.24) is 0 Å². The standard InChI is InChI=1S/C14H12OS2.C2H6/c1-9-3-5-11-13(7-9)17-14-8-10(15-2)4-6-12(14)16-11;1-2/h3-8H,1-2H3;1-2H3. The van der Waals surface area contributed by atoms with Crippen molar-refractivity contribution < 1.29 is 4.74 Å². The number of aryl methyl sites for hydroxylation is 1. The summed E-state index contributed by atoms with van der Waals surface area (Å²) < 4.78 is 5.27. The zero-order chi connectivity index (χ0) is 13.8. The molecule has 1 nitrogen and oxygen atoms in total. The molecule has 1 aliphatic heterocycles. The molecule has 0 spiro atoms. The molecule has 2 aromatic rings. The molecule has 0 aliphatic carbocycles. The minimum atomic E-state index is 0.924. The van der Waals surface area contributed by atoms with Crippen LogP contribution in [0.1, 0.15) is 19.4 Å². The van der Waals surface area contributed by atoms with Crippen molar-refractivity contribution >= 4 is 23.5 Å². The van der Waals surface area contributed by atoms with Crippen LogP contribution in [0.3, 0.4) is 0 Å². The minimum Gasteiger partial charge on any atom is -0.497 e. The molecular formula is C16H18OS2. The van der Waals surface area contributed by atoms with Crippen LogP contribution >= 0.6 is 23.5 Å². The van der Waals surface area contributed by atoms with Crippen molar-refractivity contribution in [3.8, 4) is 5.75 Å². The summed E-state index contributed by atoms with van der Waals surface area (Å²) in [5.41, 5.74) is 1.31. The number of ether oxygens (including phenoxy) is 1. The fourth-order valence-corrected chi connectivity index (χ4v) is 4.12. The molecule has 0 amide bonds. The van der Waals surface area contributed by atoms with Crippen LogP contribution in [0.25, 0.3) is 0 Å². The Morgan fingerprint density at radius 1 is 0.789 bits per heavy atom. The lowest BCUT2D eigenvalue weighted by molar-refractivity contribution is 0.413. The van der Waals surface area contributed by atoms with E-state index in [0.29, 0.717) is 0 Å². The lowest BCUT2D eigenvalue weighted by Crippen LogP contribution is -1.91. The van der Waals surface area contributed by atoms with Gasteiger partial charge in [0.25, 0.3) is 0 Å². The molecule has 0 N–H and O–H groups in total. The molecule has 0 unspecified atom stereocenters. The summed E-state index contributed by atoms with van der Waals surface area (Å²) in [7, 11) is 1.71. The maximum absolute atomic E-state index is 5.27. The van der Waals surface area contributed by atoms with E-state index in [-0.39, 0.29) is 0 Å². The van der Waals surface area contributed by atoms with Gasteiger partial charge in [0.1, 0.15) is 5.75 Å². The van der Waals surface area contributed by atoms with E-state index in [1.54, 1.807) is 7.11 Å². The molecule has 0 aromatic heterocycles. The van der Waals surface area contributed by atoms with Gasteiger partial charge in [0.05, 0.1) is 7.11 Å². The Balaban J connectivity index is 0.000000637. The Bertz CT molecular complexity index is 579. The Labute approximate surface area is 123 Å². The Hall–Kier alpha value is -1.06. The summed E-state index contributed by atoms with van der Waals surface area (Å²) in [5.74, 6) is 0.924. The minimum absolute atomic E-state index is 0.924. The van der Waals surface area contributed by atoms with Crippen LogP contribution in [0.15, 0.2) is 56.0 Å². The molecule has 0 bridgehead atoms. The molecule has 3 heteroatoms. The molecule has 0 atom stereocenters. The first-order chi connectivity index (χ1) is 9.26. The van der Waals surface area contributed by atoms with Crippen molar-refractivity contribution in [2.45, 2.75) is 40.4 Å². The molecule has 1 heterocycles. The van der Waals surface area contributed by atoms with Gasteiger partial charge < -0.3 is 4.74 Å². The third kappa shape index (κ3) is 3.10.